The van der Waals surface area contributed by atoms with Crippen LogP contribution in [-0.4, -0.2) is 8.42 Å². The van der Waals surface area contributed by atoms with Gasteiger partial charge in [-0.3, -0.25) is 0 Å². The molecule has 1 aliphatic carbocycles. The molecule has 0 unspecified atom stereocenters. The summed E-state index contributed by atoms with van der Waals surface area (Å²) in [5, 5.41) is 9.53. The summed E-state index contributed by atoms with van der Waals surface area (Å²) in [5.74, 6) is 2.07. The van der Waals surface area contributed by atoms with E-state index in [1.807, 2.05) is 6.07 Å². The van der Waals surface area contributed by atoms with E-state index in [2.05, 4.69) is 6.92 Å². The van der Waals surface area contributed by atoms with E-state index in [9.17, 15) is 13.7 Å². The van der Waals surface area contributed by atoms with Crippen molar-refractivity contribution in [2.24, 2.45) is 5.92 Å². The molecular formula is C17H13Cl2NO3S. The normalized spacial score (nSPS) is 20.7. The average Bonchev–Trinajstić information content (AvgIpc) is 3.08. The van der Waals surface area contributed by atoms with Crippen LogP contribution in [0.25, 0.3) is 6.08 Å². The van der Waals surface area contributed by atoms with Gasteiger partial charge < -0.3 is 4.42 Å². The van der Waals surface area contributed by atoms with Crippen molar-refractivity contribution >= 4 is 39.1 Å². The fourth-order valence-electron chi connectivity index (χ4n) is 2.46. The Morgan fingerprint density at radius 2 is 2.04 bits per heavy atom. The maximum atomic E-state index is 12.7. The Morgan fingerprint density at radius 1 is 1.33 bits per heavy atom. The predicted octanol–water partition coefficient (Wildman–Crippen LogP) is 5.05. The Bertz CT molecular complexity index is 970. The topological polar surface area (TPSA) is 71.1 Å². The van der Waals surface area contributed by atoms with Crippen molar-refractivity contribution in [3.63, 3.8) is 0 Å². The fourth-order valence-corrected chi connectivity index (χ4v) is 4.36. The van der Waals surface area contributed by atoms with Gasteiger partial charge in [-0.15, -0.1) is 0 Å². The van der Waals surface area contributed by atoms with Gasteiger partial charge >= 0.3 is 0 Å². The number of sulfone groups is 1. The molecule has 2 atom stereocenters. The van der Waals surface area contributed by atoms with E-state index in [1.54, 1.807) is 12.1 Å². The van der Waals surface area contributed by atoms with E-state index in [0.29, 0.717) is 17.6 Å². The molecular weight excluding hydrogens is 369 g/mol. The van der Waals surface area contributed by atoms with Crippen molar-refractivity contribution in [2.75, 3.05) is 0 Å². The first kappa shape index (κ1) is 17.1. The predicted molar refractivity (Wildman–Crippen MR) is 92.5 cm³/mol. The Balaban J connectivity index is 1.99. The average molecular weight is 382 g/mol. The largest absolute Gasteiger partial charge is 0.461 e. The minimum Gasteiger partial charge on any atom is -0.461 e. The number of nitriles is 1. The van der Waals surface area contributed by atoms with Crippen LogP contribution in [0.2, 0.25) is 10.0 Å². The van der Waals surface area contributed by atoms with Crippen molar-refractivity contribution in [1.29, 1.82) is 5.26 Å². The Morgan fingerprint density at radius 3 is 2.67 bits per heavy atom. The van der Waals surface area contributed by atoms with Gasteiger partial charge in [0.05, 0.1) is 9.92 Å². The van der Waals surface area contributed by atoms with E-state index in [1.165, 1.54) is 24.3 Å². The molecule has 1 aromatic heterocycles. The molecule has 0 bridgehead atoms. The lowest BCUT2D eigenvalue weighted by atomic mass is 10.3. The van der Waals surface area contributed by atoms with Gasteiger partial charge in [0.15, 0.2) is 4.91 Å². The van der Waals surface area contributed by atoms with Crippen LogP contribution in [0.5, 0.6) is 0 Å². The van der Waals surface area contributed by atoms with Crippen LogP contribution >= 0.6 is 23.2 Å². The van der Waals surface area contributed by atoms with Crippen LogP contribution < -0.4 is 0 Å². The van der Waals surface area contributed by atoms with Crippen molar-refractivity contribution in [2.45, 2.75) is 24.2 Å². The molecule has 0 saturated heterocycles. The summed E-state index contributed by atoms with van der Waals surface area (Å²) < 4.78 is 31.0. The highest BCUT2D eigenvalue weighted by Gasteiger charge is 2.36. The third-order valence-corrected chi connectivity index (χ3v) is 6.36. The van der Waals surface area contributed by atoms with Gasteiger partial charge in [-0.25, -0.2) is 8.42 Å². The van der Waals surface area contributed by atoms with Crippen LogP contribution in [-0.2, 0) is 9.84 Å². The van der Waals surface area contributed by atoms with Gasteiger partial charge in [0, 0.05) is 17.0 Å². The fraction of sp³-hybridized carbons (Fsp3) is 0.235. The zero-order chi connectivity index (χ0) is 17.5. The molecule has 1 heterocycles. The maximum absolute atomic E-state index is 12.7. The number of nitrogens with zero attached hydrogens (tertiary/aromatic N) is 1. The molecule has 1 aliphatic rings. The van der Waals surface area contributed by atoms with Crippen molar-refractivity contribution < 1.29 is 12.8 Å². The number of benzene rings is 1. The first-order valence-corrected chi connectivity index (χ1v) is 9.48. The summed E-state index contributed by atoms with van der Waals surface area (Å²) in [5.41, 5.74) is 0. The molecule has 7 heteroatoms. The zero-order valence-corrected chi connectivity index (χ0v) is 15.0. The molecule has 0 radical (unpaired) electrons. The summed E-state index contributed by atoms with van der Waals surface area (Å²) in [6, 6.07) is 9.27. The molecule has 1 fully saturated rings. The van der Waals surface area contributed by atoms with Crippen LogP contribution in [0.4, 0.5) is 0 Å². The number of halogens is 2. The lowest BCUT2D eigenvalue weighted by Crippen LogP contribution is -2.04. The standard InChI is InChI=1S/C17H13Cl2NO3S/c1-10-6-14(10)16-5-3-12(23-16)8-13(9-20)24(21,22)17-7-11(18)2-4-15(17)19/h2-5,7-8,10,14H,6H2,1H3/b13-8+/t10-,14-/m1/s1. The van der Waals surface area contributed by atoms with E-state index < -0.39 is 14.7 Å². The molecule has 1 aromatic carbocycles. The Labute approximate surface area is 150 Å². The molecule has 0 aliphatic heterocycles. The van der Waals surface area contributed by atoms with Crippen LogP contribution in [0.1, 0.15) is 30.8 Å². The number of hydrogen-bond donors (Lipinski definition) is 0. The second-order valence-electron chi connectivity index (χ2n) is 5.76. The van der Waals surface area contributed by atoms with Crippen molar-refractivity contribution in [1.82, 2.24) is 0 Å². The SMILES string of the molecule is C[C@@H]1C[C@H]1c1ccc(/C=C(\C#N)S(=O)(=O)c2cc(Cl)ccc2Cl)o1. The highest BCUT2D eigenvalue weighted by molar-refractivity contribution is 7.95. The zero-order valence-electron chi connectivity index (χ0n) is 12.7. The minimum absolute atomic E-state index is 0.00693. The molecule has 0 N–H and O–H groups in total. The quantitative estimate of drug-likeness (QED) is 0.694. The third kappa shape index (κ3) is 3.23. The molecule has 4 nitrogen and oxygen atoms in total. The molecule has 0 spiro atoms. The number of rotatable bonds is 4. The Hall–Kier alpha value is -1.74. The number of allylic oxidation sites excluding steroid dienone is 1. The van der Waals surface area contributed by atoms with Gasteiger partial charge in [-0.05, 0) is 42.7 Å². The van der Waals surface area contributed by atoms with Crippen LogP contribution in [0.3, 0.4) is 0 Å². The Kier molecular flexibility index (Phi) is 4.48. The van der Waals surface area contributed by atoms with Crippen molar-refractivity contribution in [3.8, 4) is 6.07 Å². The summed E-state index contributed by atoms with van der Waals surface area (Å²) in [7, 11) is -4.09. The summed E-state index contributed by atoms with van der Waals surface area (Å²) in [6.07, 6.45) is 2.27. The molecule has 3 rings (SSSR count). The highest BCUT2D eigenvalue weighted by atomic mass is 35.5. The van der Waals surface area contributed by atoms with Gasteiger partial charge in [0.2, 0.25) is 9.84 Å². The van der Waals surface area contributed by atoms with Gasteiger partial charge in [0.25, 0.3) is 0 Å². The van der Waals surface area contributed by atoms with Gasteiger partial charge in [-0.2, -0.15) is 5.26 Å². The second-order valence-corrected chi connectivity index (χ2v) is 8.49. The molecule has 24 heavy (non-hydrogen) atoms. The van der Waals surface area contributed by atoms with Crippen LogP contribution in [0.15, 0.2) is 44.5 Å². The van der Waals surface area contributed by atoms with E-state index in [4.69, 9.17) is 27.6 Å². The molecule has 0 amide bonds. The van der Waals surface area contributed by atoms with Gasteiger partial charge in [0.1, 0.15) is 17.6 Å². The third-order valence-electron chi connectivity index (χ3n) is 3.98. The number of furan rings is 1. The number of hydrogen-bond acceptors (Lipinski definition) is 4. The maximum Gasteiger partial charge on any atom is 0.218 e. The minimum atomic E-state index is -4.09. The van der Waals surface area contributed by atoms with E-state index in [-0.39, 0.29) is 14.9 Å². The molecule has 1 saturated carbocycles. The first-order chi connectivity index (χ1) is 11.3. The highest BCUT2D eigenvalue weighted by Crippen LogP contribution is 2.47. The summed E-state index contributed by atoms with van der Waals surface area (Å²) >= 11 is 11.8. The lowest BCUT2D eigenvalue weighted by molar-refractivity contribution is 0.497. The monoisotopic (exact) mass is 381 g/mol. The van der Waals surface area contributed by atoms with E-state index in [0.717, 1.165) is 12.2 Å². The lowest BCUT2D eigenvalue weighted by Gasteiger charge is -2.05. The van der Waals surface area contributed by atoms with Crippen molar-refractivity contribution in [3.05, 3.63) is 56.8 Å². The smallest absolute Gasteiger partial charge is 0.218 e. The molecule has 2 aromatic rings. The first-order valence-electron chi connectivity index (χ1n) is 7.24. The summed E-state index contributed by atoms with van der Waals surface area (Å²) in [4.78, 5) is -0.650. The van der Waals surface area contributed by atoms with Crippen LogP contribution in [0, 0.1) is 17.2 Å². The summed E-state index contributed by atoms with van der Waals surface area (Å²) in [6.45, 7) is 2.12. The molecule has 124 valence electrons. The van der Waals surface area contributed by atoms with Gasteiger partial charge in [-0.1, -0.05) is 30.1 Å². The van der Waals surface area contributed by atoms with E-state index >= 15 is 0 Å². The second kappa shape index (κ2) is 6.29.